The summed E-state index contributed by atoms with van der Waals surface area (Å²) in [5.74, 6) is 1.39. The van der Waals surface area contributed by atoms with E-state index in [1.54, 1.807) is 0 Å². The van der Waals surface area contributed by atoms with Gasteiger partial charge in [0.15, 0.2) is 0 Å². The van der Waals surface area contributed by atoms with Gasteiger partial charge >= 0.3 is 0 Å². The molecular weight excluding hydrogens is 278 g/mol. The SMILES string of the molecule is Cc1onc2cc(C(=O)N[C@@H]3C4CCN(CC4)[C@H]3C)ccc12. The van der Waals surface area contributed by atoms with Gasteiger partial charge in [0.25, 0.3) is 5.91 Å². The van der Waals surface area contributed by atoms with E-state index in [1.807, 2.05) is 25.1 Å². The smallest absolute Gasteiger partial charge is 0.251 e. The first-order valence-electron chi connectivity index (χ1n) is 8.04. The number of hydrogen-bond acceptors (Lipinski definition) is 4. The Bertz CT molecular complexity index is 714. The lowest BCUT2D eigenvalue weighted by molar-refractivity contribution is 0.0217. The van der Waals surface area contributed by atoms with Crippen LogP contribution in [0, 0.1) is 12.8 Å². The number of rotatable bonds is 2. The maximum Gasteiger partial charge on any atom is 0.251 e. The first-order valence-corrected chi connectivity index (χ1v) is 8.04. The molecule has 1 amide bonds. The summed E-state index contributed by atoms with van der Waals surface area (Å²) < 4.78 is 5.17. The van der Waals surface area contributed by atoms with Crippen LogP contribution in [0.25, 0.3) is 10.9 Å². The second kappa shape index (κ2) is 5.09. The van der Waals surface area contributed by atoms with Crippen molar-refractivity contribution in [1.82, 2.24) is 15.4 Å². The lowest BCUT2D eigenvalue weighted by Gasteiger charge is -2.49. The molecule has 2 bridgehead atoms. The highest BCUT2D eigenvalue weighted by molar-refractivity contribution is 5.98. The van der Waals surface area contributed by atoms with Gasteiger partial charge < -0.3 is 9.84 Å². The molecule has 1 aromatic heterocycles. The summed E-state index contributed by atoms with van der Waals surface area (Å²) in [5.41, 5.74) is 1.40. The van der Waals surface area contributed by atoms with Gasteiger partial charge in [-0.15, -0.1) is 0 Å². The van der Waals surface area contributed by atoms with E-state index in [9.17, 15) is 4.79 Å². The Morgan fingerprint density at radius 2 is 2.14 bits per heavy atom. The minimum Gasteiger partial charge on any atom is -0.360 e. The second-order valence-electron chi connectivity index (χ2n) is 6.58. The highest BCUT2D eigenvalue weighted by Crippen LogP contribution is 2.32. The van der Waals surface area contributed by atoms with Crippen LogP contribution in [0.2, 0.25) is 0 Å². The Balaban J connectivity index is 1.55. The van der Waals surface area contributed by atoms with Crippen molar-refractivity contribution in [2.24, 2.45) is 5.92 Å². The molecule has 1 aromatic carbocycles. The fraction of sp³-hybridized carbons (Fsp3) is 0.529. The summed E-state index contributed by atoms with van der Waals surface area (Å²) in [6, 6.07) is 6.26. The number of fused-ring (bicyclic) bond motifs is 4. The molecule has 5 nitrogen and oxygen atoms in total. The Morgan fingerprint density at radius 1 is 1.36 bits per heavy atom. The molecule has 2 atom stereocenters. The van der Waals surface area contributed by atoms with Gasteiger partial charge in [-0.25, -0.2) is 0 Å². The van der Waals surface area contributed by atoms with Crippen molar-refractivity contribution >= 4 is 16.8 Å². The minimum absolute atomic E-state index is 0.00634. The van der Waals surface area contributed by atoms with E-state index >= 15 is 0 Å². The Kier molecular flexibility index (Phi) is 3.18. The number of amides is 1. The molecule has 3 saturated heterocycles. The molecule has 5 heteroatoms. The van der Waals surface area contributed by atoms with E-state index in [-0.39, 0.29) is 11.9 Å². The van der Waals surface area contributed by atoms with Crippen molar-refractivity contribution in [2.75, 3.05) is 13.1 Å². The van der Waals surface area contributed by atoms with Crippen molar-refractivity contribution < 1.29 is 9.32 Å². The predicted octanol–water partition coefficient (Wildman–Crippen LogP) is 2.35. The zero-order chi connectivity index (χ0) is 15.3. The third-order valence-corrected chi connectivity index (χ3v) is 5.40. The number of benzene rings is 1. The molecular formula is C17H21N3O2. The number of carbonyl (C=O) groups excluding carboxylic acids is 1. The van der Waals surface area contributed by atoms with Crippen LogP contribution in [0.5, 0.6) is 0 Å². The fourth-order valence-electron chi connectivity index (χ4n) is 3.99. The topological polar surface area (TPSA) is 58.4 Å². The van der Waals surface area contributed by atoms with E-state index in [1.165, 1.54) is 25.9 Å². The average molecular weight is 299 g/mol. The highest BCUT2D eigenvalue weighted by Gasteiger charge is 2.40. The maximum absolute atomic E-state index is 12.6. The summed E-state index contributed by atoms with van der Waals surface area (Å²) >= 11 is 0. The average Bonchev–Trinajstić information content (AvgIpc) is 2.92. The van der Waals surface area contributed by atoms with Gasteiger partial charge in [-0.1, -0.05) is 5.16 Å². The summed E-state index contributed by atoms with van der Waals surface area (Å²) in [4.78, 5) is 15.1. The van der Waals surface area contributed by atoms with Gasteiger partial charge in [0.05, 0.1) is 0 Å². The molecule has 3 aliphatic rings. The predicted molar refractivity (Wildman–Crippen MR) is 83.8 cm³/mol. The molecule has 0 saturated carbocycles. The highest BCUT2D eigenvalue weighted by atomic mass is 16.5. The molecule has 116 valence electrons. The standard InChI is InChI=1S/C17H21N3O2/c1-10-16(12-5-7-20(10)8-6-12)18-17(21)13-3-4-14-11(2)22-19-15(14)9-13/h3-4,9-10,12,16H,5-8H2,1-2H3,(H,18,21)/t10-,16-/m0/s1. The molecule has 1 N–H and O–H groups in total. The molecule has 3 fully saturated rings. The molecule has 4 heterocycles. The monoisotopic (exact) mass is 299 g/mol. The fourth-order valence-corrected chi connectivity index (χ4v) is 3.99. The number of nitrogens with one attached hydrogen (secondary N) is 1. The zero-order valence-corrected chi connectivity index (χ0v) is 13.0. The number of piperidine rings is 3. The zero-order valence-electron chi connectivity index (χ0n) is 13.0. The van der Waals surface area contributed by atoms with Crippen LogP contribution in [-0.4, -0.2) is 41.1 Å². The molecule has 0 unspecified atom stereocenters. The Morgan fingerprint density at radius 3 is 2.86 bits per heavy atom. The number of aromatic nitrogens is 1. The number of carbonyl (C=O) groups is 1. The summed E-state index contributed by atoms with van der Waals surface area (Å²) in [5, 5.41) is 8.21. The van der Waals surface area contributed by atoms with Crippen LogP contribution in [-0.2, 0) is 0 Å². The molecule has 22 heavy (non-hydrogen) atoms. The number of aryl methyl sites for hydroxylation is 1. The summed E-state index contributed by atoms with van der Waals surface area (Å²) in [7, 11) is 0. The molecule has 3 aliphatic heterocycles. The van der Waals surface area contributed by atoms with Gasteiger partial charge in [0, 0.05) is 23.0 Å². The largest absolute Gasteiger partial charge is 0.360 e. The van der Waals surface area contributed by atoms with Gasteiger partial charge in [-0.2, -0.15) is 0 Å². The van der Waals surface area contributed by atoms with E-state index in [0.29, 0.717) is 17.5 Å². The Labute approximate surface area is 129 Å². The first-order chi connectivity index (χ1) is 10.6. The van der Waals surface area contributed by atoms with Gasteiger partial charge in [0.2, 0.25) is 0 Å². The van der Waals surface area contributed by atoms with Gasteiger partial charge in [0.1, 0.15) is 11.3 Å². The Hall–Kier alpha value is -1.88. The molecule has 0 spiro atoms. The lowest BCUT2D eigenvalue weighted by atomic mass is 9.79. The van der Waals surface area contributed by atoms with E-state index in [4.69, 9.17) is 4.52 Å². The van der Waals surface area contributed by atoms with E-state index in [2.05, 4.69) is 22.3 Å². The van der Waals surface area contributed by atoms with Gasteiger partial charge in [-0.05, 0) is 63.9 Å². The van der Waals surface area contributed by atoms with E-state index < -0.39 is 0 Å². The van der Waals surface area contributed by atoms with Crippen LogP contribution in [0.3, 0.4) is 0 Å². The number of hydrogen-bond donors (Lipinski definition) is 1. The lowest BCUT2D eigenvalue weighted by Crippen LogP contribution is -2.62. The van der Waals surface area contributed by atoms with E-state index in [0.717, 1.165) is 16.7 Å². The van der Waals surface area contributed by atoms with Gasteiger partial charge in [-0.3, -0.25) is 9.69 Å². The van der Waals surface area contributed by atoms with Crippen molar-refractivity contribution in [3.8, 4) is 0 Å². The third kappa shape index (κ3) is 2.11. The van der Waals surface area contributed by atoms with Crippen molar-refractivity contribution in [1.29, 1.82) is 0 Å². The maximum atomic E-state index is 12.6. The van der Waals surface area contributed by atoms with Crippen LogP contribution in [0.4, 0.5) is 0 Å². The van der Waals surface area contributed by atoms with Crippen molar-refractivity contribution in [3.05, 3.63) is 29.5 Å². The molecule has 5 rings (SSSR count). The van der Waals surface area contributed by atoms with Crippen molar-refractivity contribution in [2.45, 2.75) is 38.8 Å². The van der Waals surface area contributed by atoms with Crippen LogP contribution < -0.4 is 5.32 Å². The molecule has 2 aromatic rings. The first kappa shape index (κ1) is 13.8. The third-order valence-electron chi connectivity index (χ3n) is 5.40. The normalized spacial score (nSPS) is 30.6. The second-order valence-corrected chi connectivity index (χ2v) is 6.58. The van der Waals surface area contributed by atoms with Crippen molar-refractivity contribution in [3.63, 3.8) is 0 Å². The van der Waals surface area contributed by atoms with Crippen LogP contribution in [0.15, 0.2) is 22.7 Å². The van der Waals surface area contributed by atoms with Crippen LogP contribution >= 0.6 is 0 Å². The minimum atomic E-state index is -0.00634. The molecule has 0 aliphatic carbocycles. The molecule has 0 radical (unpaired) electrons. The van der Waals surface area contributed by atoms with Crippen LogP contribution in [0.1, 0.15) is 35.9 Å². The number of nitrogens with zero attached hydrogens (tertiary/aromatic N) is 2. The summed E-state index contributed by atoms with van der Waals surface area (Å²) in [6.45, 7) is 6.44. The summed E-state index contributed by atoms with van der Waals surface area (Å²) in [6.07, 6.45) is 2.38. The quantitative estimate of drug-likeness (QED) is 0.925.